The first-order chi connectivity index (χ1) is 14.0. The highest BCUT2D eigenvalue weighted by Gasteiger charge is 2.22. The molecule has 0 aliphatic carbocycles. The number of hydrogen-bond donors (Lipinski definition) is 2. The highest BCUT2D eigenvalue weighted by Crippen LogP contribution is 2.20. The Morgan fingerprint density at radius 2 is 1.62 bits per heavy atom. The van der Waals surface area contributed by atoms with Gasteiger partial charge in [0.05, 0.1) is 6.54 Å². The molecule has 1 saturated heterocycles. The van der Waals surface area contributed by atoms with Crippen LogP contribution in [-0.2, 0) is 11.3 Å². The van der Waals surface area contributed by atoms with Crippen LogP contribution >= 0.6 is 0 Å². The number of phenols is 1. The van der Waals surface area contributed by atoms with Gasteiger partial charge in [0.15, 0.2) is 0 Å². The van der Waals surface area contributed by atoms with Crippen molar-refractivity contribution in [1.29, 1.82) is 0 Å². The van der Waals surface area contributed by atoms with Crippen LogP contribution in [0.4, 0.5) is 5.69 Å². The van der Waals surface area contributed by atoms with Gasteiger partial charge in [-0.15, -0.1) is 0 Å². The summed E-state index contributed by atoms with van der Waals surface area (Å²) in [5.41, 5.74) is 2.75. The molecular weight excluding hydrogens is 368 g/mol. The summed E-state index contributed by atoms with van der Waals surface area (Å²) in [5, 5.41) is 12.0. The molecule has 7 nitrogen and oxygen atoms in total. The summed E-state index contributed by atoms with van der Waals surface area (Å²) >= 11 is 0. The maximum atomic E-state index is 12.6. The second-order valence-corrected chi connectivity index (χ2v) is 7.33. The molecule has 0 aromatic heterocycles. The molecule has 1 aliphatic heterocycles. The number of nitrogens with zero attached hydrogens (tertiary/aromatic N) is 3. The van der Waals surface area contributed by atoms with Gasteiger partial charge >= 0.3 is 0 Å². The van der Waals surface area contributed by atoms with Crippen LogP contribution in [0.5, 0.6) is 5.75 Å². The van der Waals surface area contributed by atoms with Gasteiger partial charge in [-0.3, -0.25) is 14.5 Å². The van der Waals surface area contributed by atoms with Gasteiger partial charge in [-0.05, 0) is 49.0 Å². The molecule has 0 unspecified atom stereocenters. The molecule has 2 aromatic carbocycles. The van der Waals surface area contributed by atoms with E-state index in [1.54, 1.807) is 31.3 Å². The number of carbonyl (C=O) groups is 2. The van der Waals surface area contributed by atoms with E-state index in [4.69, 9.17) is 0 Å². The summed E-state index contributed by atoms with van der Waals surface area (Å²) in [5.74, 6) is 0.278. The predicted molar refractivity (Wildman–Crippen MR) is 113 cm³/mol. The molecule has 0 spiro atoms. The minimum Gasteiger partial charge on any atom is -0.508 e. The standard InChI is InChI=1S/C22H28N4O3/c1-23-22(29)18-5-3-17(4-6-18)15-24(2)16-21(28)26-13-11-25(12-14-26)19-7-9-20(27)10-8-19/h3-10,27H,11-16H2,1-2H3,(H,23,29). The molecule has 7 heteroatoms. The Kier molecular flexibility index (Phi) is 6.72. The third-order valence-electron chi connectivity index (χ3n) is 5.15. The number of benzene rings is 2. The van der Waals surface area contributed by atoms with Crippen molar-refractivity contribution in [3.63, 3.8) is 0 Å². The van der Waals surface area contributed by atoms with Crippen molar-refractivity contribution in [3.8, 4) is 5.75 Å². The normalized spacial score (nSPS) is 14.2. The van der Waals surface area contributed by atoms with Gasteiger partial charge in [-0.1, -0.05) is 12.1 Å². The number of amides is 2. The molecule has 1 fully saturated rings. The smallest absolute Gasteiger partial charge is 0.251 e. The van der Waals surface area contributed by atoms with Crippen LogP contribution < -0.4 is 10.2 Å². The van der Waals surface area contributed by atoms with Crippen molar-refractivity contribution in [1.82, 2.24) is 15.1 Å². The number of carbonyl (C=O) groups excluding carboxylic acids is 2. The summed E-state index contributed by atoms with van der Waals surface area (Å²) in [6.07, 6.45) is 0. The second-order valence-electron chi connectivity index (χ2n) is 7.33. The van der Waals surface area contributed by atoms with Crippen LogP contribution in [0.25, 0.3) is 0 Å². The third-order valence-corrected chi connectivity index (χ3v) is 5.15. The molecule has 2 N–H and O–H groups in total. The first kappa shape index (κ1) is 20.7. The maximum Gasteiger partial charge on any atom is 0.251 e. The van der Waals surface area contributed by atoms with Gasteiger partial charge in [-0.25, -0.2) is 0 Å². The lowest BCUT2D eigenvalue weighted by atomic mass is 10.1. The largest absolute Gasteiger partial charge is 0.508 e. The number of hydrogen-bond acceptors (Lipinski definition) is 5. The van der Waals surface area contributed by atoms with E-state index in [9.17, 15) is 14.7 Å². The fourth-order valence-corrected chi connectivity index (χ4v) is 3.48. The molecule has 29 heavy (non-hydrogen) atoms. The quantitative estimate of drug-likeness (QED) is 0.775. The molecule has 0 saturated carbocycles. The van der Waals surface area contributed by atoms with Crippen LogP contribution in [0.3, 0.4) is 0 Å². The van der Waals surface area contributed by atoms with Crippen molar-refractivity contribution < 1.29 is 14.7 Å². The molecule has 0 radical (unpaired) electrons. The monoisotopic (exact) mass is 396 g/mol. The highest BCUT2D eigenvalue weighted by atomic mass is 16.3. The Morgan fingerprint density at radius 3 is 2.21 bits per heavy atom. The molecule has 0 atom stereocenters. The van der Waals surface area contributed by atoms with E-state index in [0.29, 0.717) is 31.7 Å². The SMILES string of the molecule is CNC(=O)c1ccc(CN(C)CC(=O)N2CCN(c3ccc(O)cc3)CC2)cc1. The van der Waals surface area contributed by atoms with E-state index in [2.05, 4.69) is 10.2 Å². The summed E-state index contributed by atoms with van der Waals surface area (Å²) in [6, 6.07) is 14.6. The molecule has 2 amide bonds. The van der Waals surface area contributed by atoms with Gasteiger partial charge in [0.1, 0.15) is 5.75 Å². The molecule has 3 rings (SSSR count). The maximum absolute atomic E-state index is 12.6. The van der Waals surface area contributed by atoms with E-state index in [-0.39, 0.29) is 17.6 Å². The zero-order chi connectivity index (χ0) is 20.8. The van der Waals surface area contributed by atoms with Gasteiger partial charge in [0.25, 0.3) is 5.91 Å². The number of nitrogens with one attached hydrogen (secondary N) is 1. The molecular formula is C22H28N4O3. The average Bonchev–Trinajstić information content (AvgIpc) is 2.74. The molecule has 1 heterocycles. The lowest BCUT2D eigenvalue weighted by molar-refractivity contribution is -0.132. The zero-order valence-corrected chi connectivity index (χ0v) is 17.0. The van der Waals surface area contributed by atoms with Gasteiger partial charge in [-0.2, -0.15) is 0 Å². The summed E-state index contributed by atoms with van der Waals surface area (Å²) in [4.78, 5) is 30.4. The molecule has 0 bridgehead atoms. The fourth-order valence-electron chi connectivity index (χ4n) is 3.48. The number of phenolic OH excluding ortho intramolecular Hbond substituents is 1. The Morgan fingerprint density at radius 1 is 1.00 bits per heavy atom. The summed E-state index contributed by atoms with van der Waals surface area (Å²) < 4.78 is 0. The Labute approximate surface area is 171 Å². The first-order valence-corrected chi connectivity index (χ1v) is 9.77. The minimum absolute atomic E-state index is 0.105. The van der Waals surface area contributed by atoms with Gasteiger partial charge in [0, 0.05) is 51.0 Å². The van der Waals surface area contributed by atoms with Crippen molar-refractivity contribution in [2.75, 3.05) is 51.7 Å². The van der Waals surface area contributed by atoms with Gasteiger partial charge in [0.2, 0.25) is 5.91 Å². The zero-order valence-electron chi connectivity index (χ0n) is 17.0. The van der Waals surface area contributed by atoms with Crippen LogP contribution in [0.2, 0.25) is 0 Å². The number of aromatic hydroxyl groups is 1. The molecule has 154 valence electrons. The lowest BCUT2D eigenvalue weighted by Crippen LogP contribution is -2.51. The molecule has 2 aromatic rings. The van der Waals surface area contributed by atoms with Crippen molar-refractivity contribution in [2.45, 2.75) is 6.54 Å². The predicted octanol–water partition coefficient (Wildman–Crippen LogP) is 1.53. The third kappa shape index (κ3) is 5.48. The Hall–Kier alpha value is -3.06. The number of anilines is 1. The van der Waals surface area contributed by atoms with E-state index in [1.807, 2.05) is 41.1 Å². The highest BCUT2D eigenvalue weighted by molar-refractivity contribution is 5.93. The van der Waals surface area contributed by atoms with E-state index < -0.39 is 0 Å². The van der Waals surface area contributed by atoms with Crippen LogP contribution in [0, 0.1) is 0 Å². The first-order valence-electron chi connectivity index (χ1n) is 9.77. The second kappa shape index (κ2) is 9.43. The van der Waals surface area contributed by atoms with E-state index in [0.717, 1.165) is 24.3 Å². The Balaban J connectivity index is 1.46. The lowest BCUT2D eigenvalue weighted by Gasteiger charge is -2.36. The van der Waals surface area contributed by atoms with Gasteiger partial charge < -0.3 is 20.2 Å². The number of likely N-dealkylation sites (N-methyl/N-ethyl adjacent to an activating group) is 1. The summed E-state index contributed by atoms with van der Waals surface area (Å²) in [6.45, 7) is 3.94. The topological polar surface area (TPSA) is 76.1 Å². The molecule has 1 aliphatic rings. The average molecular weight is 396 g/mol. The Bertz CT molecular complexity index is 828. The number of piperazine rings is 1. The summed E-state index contributed by atoms with van der Waals surface area (Å²) in [7, 11) is 3.54. The number of rotatable bonds is 6. The van der Waals surface area contributed by atoms with E-state index in [1.165, 1.54) is 0 Å². The van der Waals surface area contributed by atoms with Crippen LogP contribution in [0.1, 0.15) is 15.9 Å². The van der Waals surface area contributed by atoms with Crippen molar-refractivity contribution >= 4 is 17.5 Å². The van der Waals surface area contributed by atoms with Crippen LogP contribution in [0.15, 0.2) is 48.5 Å². The minimum atomic E-state index is -0.105. The van der Waals surface area contributed by atoms with Crippen molar-refractivity contribution in [2.24, 2.45) is 0 Å². The van der Waals surface area contributed by atoms with E-state index >= 15 is 0 Å². The van der Waals surface area contributed by atoms with Crippen LogP contribution in [-0.4, -0.2) is 73.5 Å². The van der Waals surface area contributed by atoms with Crippen molar-refractivity contribution in [3.05, 3.63) is 59.7 Å². The fraction of sp³-hybridized carbons (Fsp3) is 0.364.